The van der Waals surface area contributed by atoms with Crippen molar-refractivity contribution < 1.29 is 20.1 Å². The van der Waals surface area contributed by atoms with E-state index in [1.807, 2.05) is 0 Å². The molecule has 5 heteroatoms. The maximum atomic E-state index is 9.12. The molecule has 0 saturated carbocycles. The lowest BCUT2D eigenvalue weighted by atomic mass is 10.3. The van der Waals surface area contributed by atoms with Gasteiger partial charge in [-0.25, -0.2) is 4.79 Å². The molecule has 0 aliphatic rings. The first-order chi connectivity index (χ1) is 6.18. The molecule has 0 aromatic rings. The molecule has 4 N–H and O–H groups in total. The van der Waals surface area contributed by atoms with E-state index in [0.717, 1.165) is 13.1 Å². The molecule has 0 saturated heterocycles. The zero-order chi connectivity index (χ0) is 10.5. The largest absolute Gasteiger partial charge is 0.480 e. The van der Waals surface area contributed by atoms with Crippen LogP contribution in [0.3, 0.4) is 0 Å². The first-order valence-electron chi connectivity index (χ1n) is 4.33. The maximum absolute atomic E-state index is 9.12. The third-order valence-corrected chi connectivity index (χ3v) is 1.13. The highest BCUT2D eigenvalue weighted by Gasteiger charge is 1.82. The average molecular weight is 193 g/mol. The molecular formula is C8H19NO4. The summed E-state index contributed by atoms with van der Waals surface area (Å²) >= 11 is 0. The van der Waals surface area contributed by atoms with Crippen molar-refractivity contribution in [1.82, 2.24) is 5.32 Å². The highest BCUT2D eigenvalue weighted by molar-refractivity contribution is 5.67. The molecule has 0 atom stereocenters. The van der Waals surface area contributed by atoms with E-state index >= 15 is 0 Å². The summed E-state index contributed by atoms with van der Waals surface area (Å²) in [5.41, 5.74) is 0. The van der Waals surface area contributed by atoms with Gasteiger partial charge >= 0.3 is 5.97 Å². The summed E-state index contributed by atoms with van der Waals surface area (Å²) in [4.78, 5) is 9.12. The maximum Gasteiger partial charge on any atom is 0.329 e. The van der Waals surface area contributed by atoms with E-state index in [2.05, 4.69) is 12.2 Å². The van der Waals surface area contributed by atoms with E-state index in [9.17, 15) is 0 Å². The van der Waals surface area contributed by atoms with Gasteiger partial charge < -0.3 is 20.6 Å². The number of carbonyl (C=O) groups is 1. The second-order valence-electron chi connectivity index (χ2n) is 2.38. The smallest absolute Gasteiger partial charge is 0.329 e. The number of hydrogen-bond acceptors (Lipinski definition) is 4. The number of rotatable bonds is 6. The SMILES string of the molecule is CCCCNCCO.O=C(O)CO. The summed E-state index contributed by atoms with van der Waals surface area (Å²) in [5, 5.41) is 26.4. The lowest BCUT2D eigenvalue weighted by Crippen LogP contribution is -2.18. The Hall–Kier alpha value is -0.650. The summed E-state index contributed by atoms with van der Waals surface area (Å²) in [6.07, 6.45) is 2.43. The predicted molar refractivity (Wildman–Crippen MR) is 49.6 cm³/mol. The van der Waals surface area contributed by atoms with Crippen LogP contribution in [-0.4, -0.2) is 47.6 Å². The predicted octanol–water partition coefficient (Wildman–Crippen LogP) is -0.568. The summed E-state index contributed by atoms with van der Waals surface area (Å²) in [6, 6.07) is 0. The number of carboxylic acids is 1. The minimum atomic E-state index is -1.19. The highest BCUT2D eigenvalue weighted by atomic mass is 16.4. The molecule has 0 radical (unpaired) electrons. The first kappa shape index (κ1) is 14.9. The Morgan fingerprint density at radius 2 is 1.85 bits per heavy atom. The van der Waals surface area contributed by atoms with E-state index in [4.69, 9.17) is 20.1 Å². The molecule has 0 spiro atoms. The molecule has 0 aliphatic carbocycles. The van der Waals surface area contributed by atoms with Crippen LogP contribution >= 0.6 is 0 Å². The van der Waals surface area contributed by atoms with E-state index in [0.29, 0.717) is 0 Å². The van der Waals surface area contributed by atoms with Gasteiger partial charge in [-0.1, -0.05) is 13.3 Å². The normalized spacial score (nSPS) is 8.85. The molecule has 0 amide bonds. The minimum Gasteiger partial charge on any atom is -0.480 e. The van der Waals surface area contributed by atoms with Crippen molar-refractivity contribution in [2.45, 2.75) is 19.8 Å². The Kier molecular flexibility index (Phi) is 15.9. The molecule has 0 rings (SSSR count). The number of aliphatic hydroxyl groups is 2. The average Bonchev–Trinajstić information content (AvgIpc) is 2.14. The number of hydrogen-bond donors (Lipinski definition) is 4. The summed E-state index contributed by atoms with van der Waals surface area (Å²) in [6.45, 7) is 3.40. The van der Waals surface area contributed by atoms with Crippen molar-refractivity contribution in [2.24, 2.45) is 0 Å². The van der Waals surface area contributed by atoms with Gasteiger partial charge in [0.15, 0.2) is 0 Å². The minimum absolute atomic E-state index is 0.254. The third kappa shape index (κ3) is 24.6. The van der Waals surface area contributed by atoms with Crippen LogP contribution in [0.2, 0.25) is 0 Å². The third-order valence-electron chi connectivity index (χ3n) is 1.13. The molecule has 80 valence electrons. The van der Waals surface area contributed by atoms with E-state index < -0.39 is 12.6 Å². The van der Waals surface area contributed by atoms with E-state index in [1.54, 1.807) is 0 Å². The standard InChI is InChI=1S/C6H15NO.C2H4O3/c1-2-3-4-7-5-6-8;3-1-2(4)5/h7-8H,2-6H2,1H3;3H,1H2,(H,4,5). The van der Waals surface area contributed by atoms with Crippen molar-refractivity contribution in [2.75, 3.05) is 26.3 Å². The molecule has 0 bridgehead atoms. The molecule has 0 unspecified atom stereocenters. The molecule has 5 nitrogen and oxygen atoms in total. The van der Waals surface area contributed by atoms with Crippen LogP contribution in [0.4, 0.5) is 0 Å². The van der Waals surface area contributed by atoms with Gasteiger partial charge in [-0.15, -0.1) is 0 Å². The molecule has 13 heavy (non-hydrogen) atoms. The van der Waals surface area contributed by atoms with Gasteiger partial charge in [-0.3, -0.25) is 0 Å². The summed E-state index contributed by atoms with van der Waals surface area (Å²) < 4.78 is 0. The Morgan fingerprint density at radius 3 is 2.15 bits per heavy atom. The highest BCUT2D eigenvalue weighted by Crippen LogP contribution is 1.80. The number of nitrogens with one attached hydrogen (secondary N) is 1. The fourth-order valence-corrected chi connectivity index (χ4v) is 0.506. The van der Waals surface area contributed by atoms with Crippen LogP contribution in [0.5, 0.6) is 0 Å². The lowest BCUT2D eigenvalue weighted by Gasteiger charge is -1.97. The van der Waals surface area contributed by atoms with E-state index in [-0.39, 0.29) is 6.61 Å². The monoisotopic (exact) mass is 193 g/mol. The van der Waals surface area contributed by atoms with Gasteiger partial charge in [0.25, 0.3) is 0 Å². The molecule has 0 fully saturated rings. The van der Waals surface area contributed by atoms with Crippen molar-refractivity contribution in [1.29, 1.82) is 0 Å². The second-order valence-corrected chi connectivity index (χ2v) is 2.38. The van der Waals surface area contributed by atoms with Crippen LogP contribution in [0.1, 0.15) is 19.8 Å². The van der Waals surface area contributed by atoms with E-state index in [1.165, 1.54) is 12.8 Å². The molecule has 0 aromatic carbocycles. The zero-order valence-electron chi connectivity index (χ0n) is 7.99. The lowest BCUT2D eigenvalue weighted by molar-refractivity contribution is -0.140. The number of aliphatic hydroxyl groups excluding tert-OH is 2. The van der Waals surface area contributed by atoms with Crippen molar-refractivity contribution in [3.63, 3.8) is 0 Å². The fourth-order valence-electron chi connectivity index (χ4n) is 0.506. The fraction of sp³-hybridized carbons (Fsp3) is 0.875. The van der Waals surface area contributed by atoms with Crippen molar-refractivity contribution in [3.05, 3.63) is 0 Å². The van der Waals surface area contributed by atoms with Gasteiger partial charge in [0, 0.05) is 6.54 Å². The Labute approximate surface area is 78.4 Å². The van der Waals surface area contributed by atoms with Crippen LogP contribution in [0, 0.1) is 0 Å². The van der Waals surface area contributed by atoms with Crippen LogP contribution in [-0.2, 0) is 4.79 Å². The zero-order valence-corrected chi connectivity index (χ0v) is 7.99. The number of aliphatic carboxylic acids is 1. The van der Waals surface area contributed by atoms with Crippen molar-refractivity contribution >= 4 is 5.97 Å². The second kappa shape index (κ2) is 13.9. The molecule has 0 heterocycles. The number of unbranched alkanes of at least 4 members (excludes halogenated alkanes) is 1. The van der Waals surface area contributed by atoms with Gasteiger partial charge in [0.05, 0.1) is 6.61 Å². The molecule has 0 aromatic heterocycles. The topological polar surface area (TPSA) is 89.8 Å². The molecular weight excluding hydrogens is 174 g/mol. The Morgan fingerprint density at radius 1 is 1.31 bits per heavy atom. The Balaban J connectivity index is 0. The summed E-state index contributed by atoms with van der Waals surface area (Å²) in [5.74, 6) is -1.19. The van der Waals surface area contributed by atoms with Crippen LogP contribution in [0.15, 0.2) is 0 Å². The summed E-state index contributed by atoms with van der Waals surface area (Å²) in [7, 11) is 0. The van der Waals surface area contributed by atoms with Crippen molar-refractivity contribution in [3.8, 4) is 0 Å². The van der Waals surface area contributed by atoms with Crippen LogP contribution in [0.25, 0.3) is 0 Å². The van der Waals surface area contributed by atoms with Gasteiger partial charge in [-0.2, -0.15) is 0 Å². The van der Waals surface area contributed by atoms with Gasteiger partial charge in [0.1, 0.15) is 6.61 Å². The molecule has 0 aliphatic heterocycles. The van der Waals surface area contributed by atoms with Crippen LogP contribution < -0.4 is 5.32 Å². The van der Waals surface area contributed by atoms with Gasteiger partial charge in [-0.05, 0) is 13.0 Å². The Bertz CT molecular complexity index is 102. The quantitative estimate of drug-likeness (QED) is 0.424. The number of carboxylic acid groups (broad SMARTS) is 1. The van der Waals surface area contributed by atoms with Gasteiger partial charge in [0.2, 0.25) is 0 Å². The first-order valence-corrected chi connectivity index (χ1v) is 4.33.